The lowest BCUT2D eigenvalue weighted by molar-refractivity contribution is 1.06. The van der Waals surface area contributed by atoms with Gasteiger partial charge in [-0.15, -0.1) is 24.8 Å². The zero-order valence-corrected chi connectivity index (χ0v) is 9.10. The van der Waals surface area contributed by atoms with Gasteiger partial charge in [-0.25, -0.2) is 4.98 Å². The van der Waals surface area contributed by atoms with E-state index in [1.165, 1.54) is 0 Å². The number of hydrogen-bond donors (Lipinski definition) is 1. The van der Waals surface area contributed by atoms with E-state index in [4.69, 9.17) is 28.9 Å². The summed E-state index contributed by atoms with van der Waals surface area (Å²) in [7, 11) is 0. The molecule has 0 aliphatic heterocycles. The summed E-state index contributed by atoms with van der Waals surface area (Å²) in [6.45, 7) is 0.432. The van der Waals surface area contributed by atoms with Crippen molar-refractivity contribution in [1.82, 2.24) is 4.98 Å². The van der Waals surface area contributed by atoms with Crippen molar-refractivity contribution in [2.24, 2.45) is 5.73 Å². The van der Waals surface area contributed by atoms with Crippen LogP contribution in [0.15, 0.2) is 12.1 Å². The van der Waals surface area contributed by atoms with Gasteiger partial charge in [-0.3, -0.25) is 0 Å². The zero-order chi connectivity index (χ0) is 7.56. The average Bonchev–Trinajstić information content (AvgIpc) is 1.85. The minimum atomic E-state index is 0. The van der Waals surface area contributed by atoms with Gasteiger partial charge in [0.15, 0.2) is 0 Å². The second kappa shape index (κ2) is 6.75. The van der Waals surface area contributed by atoms with Crippen LogP contribution in [0.25, 0.3) is 0 Å². The van der Waals surface area contributed by atoms with Crippen molar-refractivity contribution in [3.63, 3.8) is 0 Å². The molecule has 0 amide bonds. The standard InChI is InChI=1S/C6H6Cl2N2.2ClH/c7-5-1-4(3-9)2-6(8)10-5;;/h1-2H,3,9H2;2*1H. The van der Waals surface area contributed by atoms with E-state index in [9.17, 15) is 0 Å². The largest absolute Gasteiger partial charge is 0.326 e. The minimum absolute atomic E-state index is 0. The number of pyridine rings is 1. The second-order valence-corrected chi connectivity index (χ2v) is 2.60. The Labute approximate surface area is 93.3 Å². The number of aromatic nitrogens is 1. The van der Waals surface area contributed by atoms with Crippen LogP contribution in [-0.4, -0.2) is 4.98 Å². The minimum Gasteiger partial charge on any atom is -0.326 e. The zero-order valence-electron chi connectivity index (χ0n) is 5.96. The summed E-state index contributed by atoms with van der Waals surface area (Å²) >= 11 is 11.2. The van der Waals surface area contributed by atoms with Gasteiger partial charge in [0.1, 0.15) is 10.3 Å². The van der Waals surface area contributed by atoms with Gasteiger partial charge in [0.2, 0.25) is 0 Å². The van der Waals surface area contributed by atoms with Crippen LogP contribution in [-0.2, 0) is 6.54 Å². The van der Waals surface area contributed by atoms with Gasteiger partial charge in [0.05, 0.1) is 0 Å². The lowest BCUT2D eigenvalue weighted by atomic mass is 10.3. The van der Waals surface area contributed by atoms with Gasteiger partial charge in [-0.1, -0.05) is 23.2 Å². The Balaban J connectivity index is 0. The molecule has 0 saturated heterocycles. The van der Waals surface area contributed by atoms with Gasteiger partial charge >= 0.3 is 0 Å². The normalized spacial score (nSPS) is 8.25. The predicted octanol–water partition coefficient (Wildman–Crippen LogP) is 2.69. The van der Waals surface area contributed by atoms with E-state index in [1.54, 1.807) is 12.1 Å². The average molecular weight is 250 g/mol. The molecule has 0 atom stereocenters. The fourth-order valence-corrected chi connectivity index (χ4v) is 1.14. The van der Waals surface area contributed by atoms with Gasteiger partial charge in [0.25, 0.3) is 0 Å². The van der Waals surface area contributed by atoms with E-state index >= 15 is 0 Å². The summed E-state index contributed by atoms with van der Waals surface area (Å²) in [6.07, 6.45) is 0. The highest BCUT2D eigenvalue weighted by atomic mass is 35.5. The van der Waals surface area contributed by atoms with Crippen LogP contribution in [0, 0.1) is 0 Å². The second-order valence-electron chi connectivity index (χ2n) is 1.82. The van der Waals surface area contributed by atoms with E-state index in [-0.39, 0.29) is 24.8 Å². The summed E-state index contributed by atoms with van der Waals surface area (Å²) < 4.78 is 0. The Kier molecular flexibility index (Phi) is 8.31. The van der Waals surface area contributed by atoms with Gasteiger partial charge in [-0.05, 0) is 17.7 Å². The van der Waals surface area contributed by atoms with E-state index < -0.39 is 0 Å². The Morgan fingerprint density at radius 1 is 1.17 bits per heavy atom. The first-order valence-corrected chi connectivity index (χ1v) is 3.50. The van der Waals surface area contributed by atoms with Crippen molar-refractivity contribution in [1.29, 1.82) is 0 Å². The summed E-state index contributed by atoms with van der Waals surface area (Å²) in [5.41, 5.74) is 6.24. The highest BCUT2D eigenvalue weighted by Crippen LogP contribution is 2.13. The monoisotopic (exact) mass is 248 g/mol. The summed E-state index contributed by atoms with van der Waals surface area (Å²) in [6, 6.07) is 3.38. The molecule has 12 heavy (non-hydrogen) atoms. The van der Waals surface area contributed by atoms with Gasteiger partial charge in [-0.2, -0.15) is 0 Å². The molecule has 0 aliphatic rings. The van der Waals surface area contributed by atoms with Crippen LogP contribution < -0.4 is 5.73 Å². The first kappa shape index (κ1) is 14.8. The fraction of sp³-hybridized carbons (Fsp3) is 0.167. The highest BCUT2D eigenvalue weighted by molar-refractivity contribution is 6.32. The lowest BCUT2D eigenvalue weighted by Gasteiger charge is -1.96. The third-order valence-electron chi connectivity index (χ3n) is 1.06. The van der Waals surface area contributed by atoms with E-state index in [1.807, 2.05) is 0 Å². The molecule has 6 heteroatoms. The van der Waals surface area contributed by atoms with Gasteiger partial charge < -0.3 is 5.73 Å². The lowest BCUT2D eigenvalue weighted by Crippen LogP contribution is -1.96. The maximum Gasteiger partial charge on any atom is 0.131 e. The molecule has 0 fully saturated rings. The van der Waals surface area contributed by atoms with Crippen molar-refractivity contribution in [3.8, 4) is 0 Å². The molecule has 1 aromatic rings. The maximum atomic E-state index is 5.58. The van der Waals surface area contributed by atoms with Crippen molar-refractivity contribution in [2.45, 2.75) is 6.54 Å². The first-order chi connectivity index (χ1) is 4.72. The van der Waals surface area contributed by atoms with Crippen molar-refractivity contribution in [3.05, 3.63) is 28.0 Å². The molecule has 0 aromatic carbocycles. The molecule has 0 spiro atoms. The first-order valence-electron chi connectivity index (χ1n) is 2.74. The third-order valence-corrected chi connectivity index (χ3v) is 1.45. The highest BCUT2D eigenvalue weighted by Gasteiger charge is 1.95. The van der Waals surface area contributed by atoms with Gasteiger partial charge in [0, 0.05) is 6.54 Å². The Morgan fingerprint density at radius 3 is 1.92 bits per heavy atom. The number of rotatable bonds is 1. The number of nitrogens with two attached hydrogens (primary N) is 1. The smallest absolute Gasteiger partial charge is 0.131 e. The van der Waals surface area contributed by atoms with E-state index in [2.05, 4.69) is 4.98 Å². The molecule has 0 radical (unpaired) electrons. The molecule has 2 N–H and O–H groups in total. The predicted molar refractivity (Wildman–Crippen MR) is 56.6 cm³/mol. The fourth-order valence-electron chi connectivity index (χ4n) is 0.632. The molecule has 0 bridgehead atoms. The number of halogens is 4. The van der Waals surface area contributed by atoms with Crippen LogP contribution in [0.4, 0.5) is 0 Å². The van der Waals surface area contributed by atoms with Crippen molar-refractivity contribution >= 4 is 48.0 Å². The van der Waals surface area contributed by atoms with Crippen LogP contribution >= 0.6 is 48.0 Å². The summed E-state index contributed by atoms with van der Waals surface area (Å²) in [4.78, 5) is 3.76. The van der Waals surface area contributed by atoms with Crippen molar-refractivity contribution < 1.29 is 0 Å². The summed E-state index contributed by atoms with van der Waals surface area (Å²) in [5.74, 6) is 0. The number of hydrogen-bond acceptors (Lipinski definition) is 2. The molecule has 70 valence electrons. The third kappa shape index (κ3) is 4.33. The Hall–Kier alpha value is 0.270. The Morgan fingerprint density at radius 2 is 1.58 bits per heavy atom. The van der Waals surface area contributed by atoms with Crippen LogP contribution in [0.2, 0.25) is 10.3 Å². The molecular formula is C6H8Cl4N2. The van der Waals surface area contributed by atoms with Crippen molar-refractivity contribution in [2.75, 3.05) is 0 Å². The van der Waals surface area contributed by atoms with Crippen LogP contribution in [0.5, 0.6) is 0 Å². The molecule has 0 unspecified atom stereocenters. The maximum absolute atomic E-state index is 5.58. The SMILES string of the molecule is Cl.Cl.NCc1cc(Cl)nc(Cl)c1. The summed E-state index contributed by atoms with van der Waals surface area (Å²) in [5, 5.41) is 0.765. The molecule has 1 heterocycles. The molecular weight excluding hydrogens is 242 g/mol. The van der Waals surface area contributed by atoms with Crippen LogP contribution in [0.1, 0.15) is 5.56 Å². The molecule has 1 rings (SSSR count). The van der Waals surface area contributed by atoms with E-state index in [0.29, 0.717) is 16.9 Å². The molecule has 2 nitrogen and oxygen atoms in total. The molecule has 1 aromatic heterocycles. The molecule has 0 saturated carbocycles. The quantitative estimate of drug-likeness (QED) is 0.778. The number of nitrogens with zero attached hydrogens (tertiary/aromatic N) is 1. The molecule has 0 aliphatic carbocycles. The Bertz CT molecular complexity index is 221. The topological polar surface area (TPSA) is 38.9 Å². The van der Waals surface area contributed by atoms with E-state index in [0.717, 1.165) is 5.56 Å². The van der Waals surface area contributed by atoms with Crippen LogP contribution in [0.3, 0.4) is 0 Å².